The first-order valence-corrected chi connectivity index (χ1v) is 9.66. The third-order valence-electron chi connectivity index (χ3n) is 5.43. The first-order chi connectivity index (χ1) is 12.2. The molecule has 0 aliphatic heterocycles. The van der Waals surface area contributed by atoms with Gasteiger partial charge in [-0.2, -0.15) is 0 Å². The topological polar surface area (TPSA) is 49.9 Å². The second-order valence-electron chi connectivity index (χ2n) is 7.10. The summed E-state index contributed by atoms with van der Waals surface area (Å²) in [6, 6.07) is 0. The number of carbonyl (C=O) groups is 2. The summed E-state index contributed by atoms with van der Waals surface area (Å²) in [6.45, 7) is 21.7. The number of likely N-dealkylation sites (N-methyl/N-ethyl adjacent to an activating group) is 2. The van der Waals surface area contributed by atoms with Crippen LogP contribution in [0, 0.1) is 0 Å². The monoisotopic (exact) mass is 366 g/mol. The van der Waals surface area contributed by atoms with Gasteiger partial charge in [0, 0.05) is 19.6 Å². The number of hydrogen-bond acceptors (Lipinski definition) is 3. The molecule has 0 heterocycles. The number of ether oxygens (including phenoxy) is 1. The fourth-order valence-electron chi connectivity index (χ4n) is 2.89. The van der Waals surface area contributed by atoms with E-state index in [1.807, 2.05) is 25.7 Å². The fraction of sp³-hybridized carbons (Fsp3) is 0.714. The molecule has 0 aliphatic rings. The number of amides is 2. The van der Waals surface area contributed by atoms with Gasteiger partial charge in [-0.15, -0.1) is 0 Å². The molecule has 0 aromatic heterocycles. The normalized spacial score (nSPS) is 15.5. The van der Waals surface area contributed by atoms with Crippen LogP contribution in [0.4, 0.5) is 0 Å². The minimum absolute atomic E-state index is 0.0573. The number of carbonyl (C=O) groups excluding carboxylic acids is 2. The van der Waals surface area contributed by atoms with E-state index in [9.17, 15) is 9.59 Å². The van der Waals surface area contributed by atoms with Crippen LogP contribution in [0.1, 0.15) is 60.8 Å². The third kappa shape index (κ3) is 6.60. The standard InChI is InChI=1S/C21H38N2O3/c1-9-18(24)22(13-5)16-15-21(8,12-4)26-17-20(7,11-3)23(14-6)19(25)10-2/h9-10H,1-2,11-17H2,3-8H3. The highest BCUT2D eigenvalue weighted by molar-refractivity contribution is 5.87. The zero-order valence-electron chi connectivity index (χ0n) is 17.6. The maximum absolute atomic E-state index is 12.2. The molecular formula is C21H38N2O3. The summed E-state index contributed by atoms with van der Waals surface area (Å²) in [5.41, 5.74) is -0.750. The smallest absolute Gasteiger partial charge is 0.246 e. The summed E-state index contributed by atoms with van der Waals surface area (Å²) >= 11 is 0. The van der Waals surface area contributed by atoms with Crippen molar-refractivity contribution in [3.63, 3.8) is 0 Å². The van der Waals surface area contributed by atoms with Crippen molar-refractivity contribution in [1.29, 1.82) is 0 Å². The molecule has 0 rings (SSSR count). The maximum atomic E-state index is 12.2. The van der Waals surface area contributed by atoms with Crippen LogP contribution < -0.4 is 0 Å². The van der Waals surface area contributed by atoms with Crippen molar-refractivity contribution < 1.29 is 14.3 Å². The zero-order valence-corrected chi connectivity index (χ0v) is 17.6. The first-order valence-electron chi connectivity index (χ1n) is 9.66. The van der Waals surface area contributed by atoms with Gasteiger partial charge in [0.05, 0.1) is 17.7 Å². The molecule has 0 saturated heterocycles. The SMILES string of the molecule is C=CC(=O)N(CC)CCC(C)(CC)OCC(C)(CC)N(CC)C(=O)C=C. The molecule has 0 fully saturated rings. The van der Waals surface area contributed by atoms with Gasteiger partial charge < -0.3 is 14.5 Å². The molecule has 2 atom stereocenters. The van der Waals surface area contributed by atoms with Crippen molar-refractivity contribution in [1.82, 2.24) is 9.80 Å². The molecule has 0 saturated carbocycles. The van der Waals surface area contributed by atoms with Gasteiger partial charge in [0.2, 0.25) is 11.8 Å². The Morgan fingerprint density at radius 2 is 1.54 bits per heavy atom. The molecule has 0 aromatic carbocycles. The summed E-state index contributed by atoms with van der Waals surface area (Å²) in [5.74, 6) is -0.134. The Balaban J connectivity index is 5.11. The first kappa shape index (κ1) is 24.4. The lowest BCUT2D eigenvalue weighted by atomic mass is 9.94. The van der Waals surface area contributed by atoms with Gasteiger partial charge in [0.15, 0.2) is 0 Å². The zero-order chi connectivity index (χ0) is 20.4. The van der Waals surface area contributed by atoms with E-state index in [0.29, 0.717) is 26.2 Å². The van der Waals surface area contributed by atoms with Crippen LogP contribution in [0.5, 0.6) is 0 Å². The number of hydrogen-bond donors (Lipinski definition) is 0. The Bertz CT molecular complexity index is 492. The van der Waals surface area contributed by atoms with Crippen molar-refractivity contribution in [2.24, 2.45) is 0 Å². The van der Waals surface area contributed by atoms with Crippen LogP contribution in [0.15, 0.2) is 25.3 Å². The van der Waals surface area contributed by atoms with Crippen LogP contribution >= 0.6 is 0 Å². The lowest BCUT2D eigenvalue weighted by molar-refractivity contribution is -0.141. The third-order valence-corrected chi connectivity index (χ3v) is 5.43. The lowest BCUT2D eigenvalue weighted by Gasteiger charge is -2.42. The minimum Gasteiger partial charge on any atom is -0.373 e. The van der Waals surface area contributed by atoms with E-state index in [2.05, 4.69) is 33.9 Å². The summed E-state index contributed by atoms with van der Waals surface area (Å²) in [5, 5.41) is 0. The number of rotatable bonds is 13. The molecular weight excluding hydrogens is 328 g/mol. The van der Waals surface area contributed by atoms with Gasteiger partial charge >= 0.3 is 0 Å². The van der Waals surface area contributed by atoms with Gasteiger partial charge in [0.25, 0.3) is 0 Å². The van der Waals surface area contributed by atoms with E-state index in [1.165, 1.54) is 12.2 Å². The van der Waals surface area contributed by atoms with Gasteiger partial charge in [-0.3, -0.25) is 9.59 Å². The molecule has 2 unspecified atom stereocenters. The fourth-order valence-corrected chi connectivity index (χ4v) is 2.89. The van der Waals surface area contributed by atoms with Crippen molar-refractivity contribution in [3.8, 4) is 0 Å². The van der Waals surface area contributed by atoms with E-state index < -0.39 is 5.54 Å². The molecule has 5 nitrogen and oxygen atoms in total. The molecule has 26 heavy (non-hydrogen) atoms. The van der Waals surface area contributed by atoms with Gasteiger partial charge in [0.1, 0.15) is 0 Å². The second kappa shape index (κ2) is 11.2. The summed E-state index contributed by atoms with van der Waals surface area (Å²) in [4.78, 5) is 27.6. The number of nitrogens with zero attached hydrogens (tertiary/aromatic N) is 2. The van der Waals surface area contributed by atoms with E-state index in [1.54, 1.807) is 4.90 Å². The predicted molar refractivity (Wildman–Crippen MR) is 108 cm³/mol. The van der Waals surface area contributed by atoms with Crippen LogP contribution in [0.2, 0.25) is 0 Å². The van der Waals surface area contributed by atoms with Gasteiger partial charge in [-0.1, -0.05) is 27.0 Å². The molecule has 0 radical (unpaired) electrons. The Kier molecular flexibility index (Phi) is 10.5. The Morgan fingerprint density at radius 1 is 0.962 bits per heavy atom. The molecule has 150 valence electrons. The van der Waals surface area contributed by atoms with E-state index >= 15 is 0 Å². The van der Waals surface area contributed by atoms with Crippen LogP contribution in [0.3, 0.4) is 0 Å². The average molecular weight is 367 g/mol. The minimum atomic E-state index is -0.391. The predicted octanol–water partition coefficient (Wildman–Crippen LogP) is 3.80. The molecule has 0 aliphatic carbocycles. The molecule has 0 aromatic rings. The van der Waals surface area contributed by atoms with E-state index in [-0.39, 0.29) is 17.4 Å². The molecule has 0 N–H and O–H groups in total. The molecule has 0 bridgehead atoms. The largest absolute Gasteiger partial charge is 0.373 e. The van der Waals surface area contributed by atoms with E-state index in [0.717, 1.165) is 19.3 Å². The van der Waals surface area contributed by atoms with Crippen molar-refractivity contribution in [3.05, 3.63) is 25.3 Å². The van der Waals surface area contributed by atoms with Crippen molar-refractivity contribution >= 4 is 11.8 Å². The van der Waals surface area contributed by atoms with E-state index in [4.69, 9.17) is 4.74 Å². The van der Waals surface area contributed by atoms with Crippen LogP contribution in [0.25, 0.3) is 0 Å². The van der Waals surface area contributed by atoms with Gasteiger partial charge in [-0.05, 0) is 59.1 Å². The summed E-state index contributed by atoms with van der Waals surface area (Å²) in [6.07, 6.45) is 5.06. The van der Waals surface area contributed by atoms with Crippen molar-refractivity contribution in [2.45, 2.75) is 71.9 Å². The summed E-state index contributed by atoms with van der Waals surface area (Å²) in [7, 11) is 0. The highest BCUT2D eigenvalue weighted by Gasteiger charge is 2.35. The second-order valence-corrected chi connectivity index (χ2v) is 7.10. The van der Waals surface area contributed by atoms with Gasteiger partial charge in [-0.25, -0.2) is 0 Å². The van der Waals surface area contributed by atoms with Crippen LogP contribution in [-0.4, -0.2) is 59.0 Å². The van der Waals surface area contributed by atoms with Crippen LogP contribution in [-0.2, 0) is 14.3 Å². The highest BCUT2D eigenvalue weighted by Crippen LogP contribution is 2.27. The molecule has 0 spiro atoms. The van der Waals surface area contributed by atoms with Crippen molar-refractivity contribution in [2.75, 3.05) is 26.2 Å². The summed E-state index contributed by atoms with van der Waals surface area (Å²) < 4.78 is 6.33. The lowest BCUT2D eigenvalue weighted by Crippen LogP contribution is -2.53. The Morgan fingerprint density at radius 3 is 1.92 bits per heavy atom. The molecule has 2 amide bonds. The Labute approximate surface area is 160 Å². The average Bonchev–Trinajstić information content (AvgIpc) is 2.66. The maximum Gasteiger partial charge on any atom is 0.246 e. The highest BCUT2D eigenvalue weighted by atomic mass is 16.5. The molecule has 5 heteroatoms. The Hall–Kier alpha value is -1.62. The quantitative estimate of drug-likeness (QED) is 0.466.